The molecule has 0 radical (unpaired) electrons. The van der Waals surface area contributed by atoms with E-state index in [1.807, 2.05) is 74.4 Å². The van der Waals surface area contributed by atoms with Crippen LogP contribution in [-0.4, -0.2) is 149 Å². The maximum Gasteiger partial charge on any atom is 0.185 e. The van der Waals surface area contributed by atoms with Crippen LogP contribution >= 0.6 is 0 Å². The third-order valence-corrected chi connectivity index (χ3v) is 13.6. The van der Waals surface area contributed by atoms with Crippen molar-refractivity contribution in [3.8, 4) is 0 Å². The molecule has 4 rings (SSSR count). The van der Waals surface area contributed by atoms with Crippen molar-refractivity contribution >= 4 is 11.5 Å². The Bertz CT molecular complexity index is 1360. The molecule has 14 heteroatoms. The lowest BCUT2D eigenvalue weighted by Gasteiger charge is -2.50. The molecule has 0 amide bonds. The van der Waals surface area contributed by atoms with Crippen molar-refractivity contribution in [3.63, 3.8) is 0 Å². The number of fused-ring (bicyclic) bond motifs is 5. The highest BCUT2D eigenvalue weighted by molar-refractivity contribution is 5.89. The topological polar surface area (TPSA) is 178 Å². The van der Waals surface area contributed by atoms with Crippen molar-refractivity contribution in [1.29, 1.82) is 0 Å². The van der Waals surface area contributed by atoms with Gasteiger partial charge in [0.1, 0.15) is 18.0 Å². The molecule has 0 unspecified atom stereocenters. The lowest BCUT2D eigenvalue weighted by molar-refractivity contribution is -0.319. The number of hydrogen-bond donors (Lipinski definition) is 4. The third kappa shape index (κ3) is 9.89. The van der Waals surface area contributed by atoms with Gasteiger partial charge in [0.2, 0.25) is 0 Å². The molecule has 1 aliphatic carbocycles. The fraction of sp³-hybridized carbons (Fsp3) is 0.905. The number of carbonyl (C=O) groups excluding carboxylic acids is 1. The molecule has 4 N–H and O–H groups in total. The number of aliphatic hydroxyl groups is 3. The molecule has 14 nitrogen and oxygen atoms in total. The second kappa shape index (κ2) is 18.8. The van der Waals surface area contributed by atoms with Crippen LogP contribution in [0.5, 0.6) is 0 Å². The number of oxime groups is 1. The van der Waals surface area contributed by atoms with E-state index in [1.165, 1.54) is 0 Å². The summed E-state index contributed by atoms with van der Waals surface area (Å²) in [5, 5.41) is 49.8. The Kier molecular flexibility index (Phi) is 15.8. The first-order valence-electron chi connectivity index (χ1n) is 20.6. The molecule has 2 bridgehead atoms. The van der Waals surface area contributed by atoms with E-state index < -0.39 is 95.6 Å². The molecular weight excluding hydrogens is 724 g/mol. The molecule has 1 saturated carbocycles. The smallest absolute Gasteiger partial charge is 0.185 e. The number of ether oxygens (including phenoxy) is 7. The number of nitrogens with zero attached hydrogens (tertiary/aromatic N) is 2. The Hall–Kier alpha value is -1.56. The van der Waals surface area contributed by atoms with E-state index in [0.29, 0.717) is 24.1 Å². The van der Waals surface area contributed by atoms with Crippen molar-refractivity contribution in [2.75, 3.05) is 34.4 Å². The predicted octanol–water partition coefficient (Wildman–Crippen LogP) is 4.33. The largest absolute Gasteiger partial charge is 0.411 e. The van der Waals surface area contributed by atoms with Crippen molar-refractivity contribution in [1.82, 2.24) is 4.90 Å². The van der Waals surface area contributed by atoms with Gasteiger partial charge >= 0.3 is 0 Å². The highest BCUT2D eigenvalue weighted by Gasteiger charge is 2.54. The number of methoxy groups -OCH3 is 1. The maximum atomic E-state index is 14.7. The molecule has 0 aromatic carbocycles. The summed E-state index contributed by atoms with van der Waals surface area (Å²) in [7, 11) is 5.36. The van der Waals surface area contributed by atoms with E-state index in [2.05, 4.69) is 11.7 Å². The normalized spacial score (nSPS) is 48.7. The molecule has 0 aromatic heterocycles. The van der Waals surface area contributed by atoms with E-state index >= 15 is 0 Å². The summed E-state index contributed by atoms with van der Waals surface area (Å²) < 4.78 is 45.8. The van der Waals surface area contributed by atoms with E-state index in [1.54, 1.807) is 21.0 Å². The second-order valence-electron chi connectivity index (χ2n) is 18.3. The molecule has 324 valence electrons. The van der Waals surface area contributed by atoms with Crippen LogP contribution < -0.4 is 0 Å². The minimum Gasteiger partial charge on any atom is -0.411 e. The van der Waals surface area contributed by atoms with Gasteiger partial charge in [0.05, 0.1) is 66.2 Å². The summed E-state index contributed by atoms with van der Waals surface area (Å²) >= 11 is 0. The minimum absolute atomic E-state index is 0.00806. The average Bonchev–Trinajstić information content (AvgIpc) is 3.14. The van der Waals surface area contributed by atoms with E-state index in [0.717, 1.165) is 0 Å². The number of aliphatic hydroxyl groups excluding tert-OH is 2. The fourth-order valence-corrected chi connectivity index (χ4v) is 9.97. The van der Waals surface area contributed by atoms with E-state index in [4.69, 9.17) is 33.2 Å². The Morgan fingerprint density at radius 3 is 2.23 bits per heavy atom. The molecular formula is C42H74N2O12. The Morgan fingerprint density at radius 2 is 1.64 bits per heavy atom. The Balaban J connectivity index is 1.96. The van der Waals surface area contributed by atoms with Crippen molar-refractivity contribution in [2.45, 2.75) is 179 Å². The zero-order chi connectivity index (χ0) is 42.1. The quantitative estimate of drug-likeness (QED) is 0.163. The Labute approximate surface area is 335 Å². The summed E-state index contributed by atoms with van der Waals surface area (Å²) in [6.07, 6.45) is -5.89. The highest BCUT2D eigenvalue weighted by atomic mass is 16.7. The fourth-order valence-electron chi connectivity index (χ4n) is 9.97. The van der Waals surface area contributed by atoms with Crippen LogP contribution in [0, 0.1) is 29.6 Å². The standard InChI is InChI=1S/C42H74N2O12/c1-15-29-17-31(45)25(5)35(55-32-19-40(9,50-14)36(47)28(8)54-32)27(7)37(56-39-34(46)30(44(12)13)16-24(4)53-39)41(10)18-23(3)33(43-49)26(6)38(42(29,11)48)51-20-22(2)21-52-41/h23-30,32,34-39,46-49H,2,15-21H2,1,3-14H3/b43-33+/t23-,24-,25+,26+,27+,28+,29+,30+,32+,34-,35-,36+,37-,38-,39+,40-,41-,42-/m1/s1. The zero-order valence-electron chi connectivity index (χ0n) is 36.3. The van der Waals surface area contributed by atoms with Gasteiger partial charge in [0, 0.05) is 49.7 Å². The number of carbonyl (C=O) groups is 1. The first kappa shape index (κ1) is 47.1. The molecule has 18 atom stereocenters. The van der Waals surface area contributed by atoms with Gasteiger partial charge in [-0.2, -0.15) is 0 Å². The molecule has 0 aromatic rings. The predicted molar refractivity (Wildman–Crippen MR) is 210 cm³/mol. The lowest BCUT2D eigenvalue weighted by Crippen LogP contribution is -2.61. The second-order valence-corrected chi connectivity index (χ2v) is 18.3. The average molecular weight is 799 g/mol. The highest BCUT2D eigenvalue weighted by Crippen LogP contribution is 2.44. The van der Waals surface area contributed by atoms with E-state index in [-0.39, 0.29) is 50.4 Å². The van der Waals surface area contributed by atoms with E-state index in [9.17, 15) is 25.3 Å². The third-order valence-electron chi connectivity index (χ3n) is 13.6. The van der Waals surface area contributed by atoms with Crippen LogP contribution in [0.25, 0.3) is 0 Å². The number of Topliss-reactive ketones (excluding diaryl/α,β-unsaturated/α-hetero) is 1. The summed E-state index contributed by atoms with van der Waals surface area (Å²) in [4.78, 5) is 16.7. The van der Waals surface area contributed by atoms with Gasteiger partial charge in [-0.15, -0.1) is 0 Å². The molecule has 4 fully saturated rings. The molecule has 3 heterocycles. The van der Waals surface area contributed by atoms with Crippen molar-refractivity contribution in [2.24, 2.45) is 34.7 Å². The maximum absolute atomic E-state index is 14.7. The van der Waals surface area contributed by atoms with Gasteiger partial charge in [-0.1, -0.05) is 52.8 Å². The summed E-state index contributed by atoms with van der Waals surface area (Å²) in [6, 6.07) is -0.262. The van der Waals surface area contributed by atoms with Crippen molar-refractivity contribution in [3.05, 3.63) is 12.2 Å². The van der Waals surface area contributed by atoms with Crippen LogP contribution in [0.2, 0.25) is 0 Å². The molecule has 56 heavy (non-hydrogen) atoms. The molecule has 3 saturated heterocycles. The van der Waals surface area contributed by atoms with Gasteiger partial charge in [0.15, 0.2) is 12.6 Å². The van der Waals surface area contributed by atoms with Crippen LogP contribution in [0.1, 0.15) is 101 Å². The van der Waals surface area contributed by atoms with Crippen LogP contribution in [0.4, 0.5) is 0 Å². The van der Waals surface area contributed by atoms with Gasteiger partial charge in [0.25, 0.3) is 0 Å². The van der Waals surface area contributed by atoms with Gasteiger partial charge in [-0.25, -0.2) is 0 Å². The van der Waals surface area contributed by atoms with Crippen LogP contribution in [0.3, 0.4) is 0 Å². The number of hydrogen-bond acceptors (Lipinski definition) is 14. The number of ketones is 1. The van der Waals surface area contributed by atoms with Crippen LogP contribution in [-0.2, 0) is 38.0 Å². The lowest BCUT2D eigenvalue weighted by atomic mass is 9.69. The van der Waals surface area contributed by atoms with Crippen LogP contribution in [0.15, 0.2) is 17.3 Å². The molecule has 4 aliphatic rings. The summed E-state index contributed by atoms with van der Waals surface area (Å²) in [5.74, 6) is -3.06. The SMILES string of the molecule is C=C1CO[C@@H]2[C@@H](C)/C(=N/O)[C@H](C)C[C@@](C)(OC1)[C@H](O[C@@H]1O[C@H](C)C[C@H](N(C)C)[C@H]1O)[C@@H](C)[C@H](O[C@H]1C[C@@](C)(OC)[C@@H](O)[C@H](C)O1)[C@@H](C)C(=O)C[C@H](CC)[C@@]2(C)O. The van der Waals surface area contributed by atoms with Gasteiger partial charge in [-0.3, -0.25) is 4.79 Å². The first-order chi connectivity index (χ1) is 26.0. The molecule has 0 spiro atoms. The number of likely N-dealkylation sites (N-methyl/N-ethyl adjacent to an activating group) is 1. The Morgan fingerprint density at radius 1 is 0.982 bits per heavy atom. The first-order valence-corrected chi connectivity index (χ1v) is 20.6. The van der Waals surface area contributed by atoms with Crippen molar-refractivity contribution < 1.29 is 58.5 Å². The monoisotopic (exact) mass is 799 g/mol. The van der Waals surface area contributed by atoms with Gasteiger partial charge < -0.3 is 58.6 Å². The summed E-state index contributed by atoms with van der Waals surface area (Å²) in [6.45, 7) is 23.1. The van der Waals surface area contributed by atoms with Gasteiger partial charge in [-0.05, 0) is 73.0 Å². The minimum atomic E-state index is -1.53. The number of rotatable bonds is 7. The summed E-state index contributed by atoms with van der Waals surface area (Å²) in [5.41, 5.74) is -2.70. The molecule has 3 aliphatic heterocycles. The zero-order valence-corrected chi connectivity index (χ0v) is 36.3.